The van der Waals surface area contributed by atoms with Crippen LogP contribution < -0.4 is 0 Å². The minimum atomic E-state index is -5.01. The molecule has 0 aliphatic carbocycles. The number of unbranched alkanes of at least 4 members (excludes halogenated alkanes) is 18. The highest BCUT2D eigenvalue weighted by atomic mass is 31.2. The van der Waals surface area contributed by atoms with E-state index < -0.39 is 97.5 Å². The van der Waals surface area contributed by atoms with Crippen molar-refractivity contribution in [2.75, 3.05) is 39.6 Å². The Labute approximate surface area is 629 Å². The maximum atomic E-state index is 13.1. The van der Waals surface area contributed by atoms with Crippen LogP contribution in [0.5, 0.6) is 0 Å². The molecule has 0 spiro atoms. The average Bonchev–Trinajstić information content (AvgIpc) is 0.918. The minimum Gasteiger partial charge on any atom is -0.462 e. The first-order valence-corrected chi connectivity index (χ1v) is 42.4. The Balaban J connectivity index is 5.50. The predicted molar refractivity (Wildman–Crippen MR) is 426 cm³/mol. The number of hydrogen-bond acceptors (Lipinski definition) is 15. The zero-order valence-electron chi connectivity index (χ0n) is 64.4. The van der Waals surface area contributed by atoms with Gasteiger partial charge >= 0.3 is 39.5 Å². The van der Waals surface area contributed by atoms with E-state index in [1.54, 1.807) is 0 Å². The monoisotopic (exact) mass is 1490 g/mol. The SMILES string of the molecule is CC/C=C\C/C=C\C/C=C\C/C=C\C/C=C\C/C=C\CCC(=O)OCC(COP(=O)(O)OCC(O)COP(=O)(O)OCC(COC(=O)CCCC/C=C\C/C=C\C/C=C\C/C=C\CC)OC(=O)CCCCCCCCCCCCCCCCC)OC(=O)CCCC/C=C\C/C=C\C/C=C\C/C=C\CC. The Bertz CT molecular complexity index is 2640. The Morgan fingerprint density at radius 3 is 0.827 bits per heavy atom. The third-order valence-corrected chi connectivity index (χ3v) is 17.6. The van der Waals surface area contributed by atoms with E-state index in [0.717, 1.165) is 128 Å². The molecule has 0 aromatic heterocycles. The molecular weight excluding hydrogens is 1350 g/mol. The molecule has 0 amide bonds. The molecule has 0 bridgehead atoms. The summed E-state index contributed by atoms with van der Waals surface area (Å²) in [6.45, 7) is 4.34. The highest BCUT2D eigenvalue weighted by Gasteiger charge is 2.30. The van der Waals surface area contributed by atoms with Crippen LogP contribution in [0.1, 0.15) is 285 Å². The summed E-state index contributed by atoms with van der Waals surface area (Å²) in [5, 5.41) is 10.6. The Morgan fingerprint density at radius 2 is 0.519 bits per heavy atom. The number of phosphoric ester groups is 2. The summed E-state index contributed by atoms with van der Waals surface area (Å²) in [7, 11) is -10.0. The Kier molecular flexibility index (Phi) is 71.6. The fourth-order valence-electron chi connectivity index (χ4n) is 9.82. The van der Waals surface area contributed by atoms with Gasteiger partial charge in [0.25, 0.3) is 0 Å². The van der Waals surface area contributed by atoms with E-state index in [1.165, 1.54) is 64.2 Å². The van der Waals surface area contributed by atoms with E-state index in [2.05, 4.69) is 174 Å². The van der Waals surface area contributed by atoms with Gasteiger partial charge in [-0.15, -0.1) is 0 Å². The van der Waals surface area contributed by atoms with Gasteiger partial charge in [-0.05, 0) is 141 Å². The molecule has 104 heavy (non-hydrogen) atoms. The standard InChI is InChI=1S/C85H138O17P2/c1-5-9-13-17-21-25-29-33-37-38-39-40-44-46-50-54-58-62-66-70-83(88)96-76-81(102-85(90)72-68-64-60-56-52-48-43-36-32-28-24-20-16-12-8-4)78-100-104(93,94)98-74-79(86)73-97-103(91,92)99-77-80(101-84(89)71-67-63-59-55-51-47-42-35-31-27-23-19-15-11-7-3)75-95-82(87)69-65-61-57-53-49-45-41-34-30-26-22-18-14-10-6-2/h9-10,12-14,16,21-22,24-26,28,33-34,36-37,39-41,43,46,49-50,52-53,56,58,62,79-81,86H,5-8,11,15,17-20,23,27,29-32,35,38,42,44-45,47-48,51,54-55,57,59-61,63-78H2,1-4H3,(H,91,92)(H,93,94)/b13-9-,14-10-,16-12-,25-21-,26-22-,28-24-,37-33-,40-39-,41-34-,43-36-,50-46-,53-49-,56-52-,62-58-. The highest BCUT2D eigenvalue weighted by molar-refractivity contribution is 7.47. The molecule has 0 aromatic rings. The molecule has 0 saturated carbocycles. The lowest BCUT2D eigenvalue weighted by Gasteiger charge is -2.21. The number of aliphatic hydroxyl groups is 1. The van der Waals surface area contributed by atoms with Crippen molar-refractivity contribution in [2.45, 2.75) is 303 Å². The number of ether oxygens (including phenoxy) is 4. The van der Waals surface area contributed by atoms with Crippen LogP contribution in [0.15, 0.2) is 170 Å². The van der Waals surface area contributed by atoms with Crippen molar-refractivity contribution in [3.8, 4) is 0 Å². The number of phosphoric acid groups is 2. The van der Waals surface area contributed by atoms with Gasteiger partial charge in [-0.3, -0.25) is 37.3 Å². The molecule has 0 rings (SSSR count). The largest absolute Gasteiger partial charge is 0.472 e. The fraction of sp³-hybridized carbons (Fsp3) is 0.624. The fourth-order valence-corrected chi connectivity index (χ4v) is 11.4. The van der Waals surface area contributed by atoms with Crippen molar-refractivity contribution in [1.82, 2.24) is 0 Å². The van der Waals surface area contributed by atoms with Crippen LogP contribution in [0.25, 0.3) is 0 Å². The summed E-state index contributed by atoms with van der Waals surface area (Å²) in [5.74, 6) is -2.38. The zero-order chi connectivity index (χ0) is 76.0. The van der Waals surface area contributed by atoms with E-state index in [9.17, 15) is 43.2 Å². The molecule has 0 fully saturated rings. The van der Waals surface area contributed by atoms with Gasteiger partial charge in [0, 0.05) is 25.7 Å². The topological polar surface area (TPSA) is 237 Å². The Hall–Kier alpha value is -5.58. The lowest BCUT2D eigenvalue weighted by Crippen LogP contribution is -2.30. The predicted octanol–water partition coefficient (Wildman–Crippen LogP) is 23.0. The molecule has 0 aromatic carbocycles. The summed E-state index contributed by atoms with van der Waals surface area (Å²) in [6, 6.07) is 0. The maximum Gasteiger partial charge on any atom is 0.472 e. The first kappa shape index (κ1) is 98.4. The number of esters is 4. The third kappa shape index (κ3) is 74.7. The van der Waals surface area contributed by atoms with Crippen molar-refractivity contribution in [1.29, 1.82) is 0 Å². The van der Waals surface area contributed by atoms with Crippen LogP contribution in [0.2, 0.25) is 0 Å². The number of carbonyl (C=O) groups excluding carboxylic acids is 4. The molecule has 0 aliphatic rings. The number of aliphatic hydroxyl groups excluding tert-OH is 1. The summed E-state index contributed by atoms with van der Waals surface area (Å²) in [5.41, 5.74) is 0. The molecule has 0 aliphatic heterocycles. The van der Waals surface area contributed by atoms with Gasteiger partial charge in [-0.2, -0.15) is 0 Å². The van der Waals surface area contributed by atoms with Crippen molar-refractivity contribution < 1.29 is 80.2 Å². The second-order valence-corrected chi connectivity index (χ2v) is 28.4. The van der Waals surface area contributed by atoms with Crippen molar-refractivity contribution in [3.63, 3.8) is 0 Å². The molecule has 5 unspecified atom stereocenters. The molecular formula is C85H138O17P2. The molecule has 3 N–H and O–H groups in total. The summed E-state index contributed by atoms with van der Waals surface area (Å²) in [4.78, 5) is 72.9. The van der Waals surface area contributed by atoms with E-state index in [1.807, 2.05) is 24.3 Å². The zero-order valence-corrected chi connectivity index (χ0v) is 66.2. The van der Waals surface area contributed by atoms with Gasteiger partial charge in [-0.25, -0.2) is 9.13 Å². The molecule has 590 valence electrons. The van der Waals surface area contributed by atoms with Gasteiger partial charge in [0.1, 0.15) is 19.3 Å². The second-order valence-electron chi connectivity index (χ2n) is 25.5. The van der Waals surface area contributed by atoms with Gasteiger partial charge in [0.05, 0.1) is 26.4 Å². The smallest absolute Gasteiger partial charge is 0.462 e. The van der Waals surface area contributed by atoms with E-state index in [-0.39, 0.29) is 25.7 Å². The maximum absolute atomic E-state index is 13.1. The molecule has 0 saturated heterocycles. The first-order valence-electron chi connectivity index (χ1n) is 39.4. The molecule has 19 heteroatoms. The van der Waals surface area contributed by atoms with Crippen LogP contribution in [0, 0.1) is 0 Å². The van der Waals surface area contributed by atoms with Crippen molar-refractivity contribution >= 4 is 39.5 Å². The first-order chi connectivity index (χ1) is 50.7. The van der Waals surface area contributed by atoms with Gasteiger partial charge in [-0.1, -0.05) is 288 Å². The van der Waals surface area contributed by atoms with Crippen molar-refractivity contribution in [3.05, 3.63) is 170 Å². The normalized spacial score (nSPS) is 14.8. The van der Waals surface area contributed by atoms with Crippen LogP contribution in [0.4, 0.5) is 0 Å². The Morgan fingerprint density at radius 1 is 0.279 bits per heavy atom. The number of hydrogen-bond donors (Lipinski definition) is 3. The third-order valence-electron chi connectivity index (χ3n) is 15.7. The number of allylic oxidation sites excluding steroid dienone is 28. The van der Waals surface area contributed by atoms with Crippen LogP contribution >= 0.6 is 15.6 Å². The lowest BCUT2D eigenvalue weighted by molar-refractivity contribution is -0.161. The molecule has 5 atom stereocenters. The molecule has 17 nitrogen and oxygen atoms in total. The van der Waals surface area contributed by atoms with Crippen LogP contribution in [-0.2, 0) is 65.4 Å². The number of rotatable bonds is 72. The highest BCUT2D eigenvalue weighted by Crippen LogP contribution is 2.45. The second kappa shape index (κ2) is 75.6. The van der Waals surface area contributed by atoms with E-state index >= 15 is 0 Å². The lowest BCUT2D eigenvalue weighted by atomic mass is 10.0. The average molecular weight is 1490 g/mol. The summed E-state index contributed by atoms with van der Waals surface area (Å²) in [6.07, 6.45) is 89.3. The number of carbonyl (C=O) groups is 4. The molecule has 0 heterocycles. The summed E-state index contributed by atoms with van der Waals surface area (Å²) >= 11 is 0. The minimum absolute atomic E-state index is 0.0199. The van der Waals surface area contributed by atoms with E-state index in [0.29, 0.717) is 38.5 Å². The van der Waals surface area contributed by atoms with E-state index in [4.69, 9.17) is 37.0 Å². The van der Waals surface area contributed by atoms with Gasteiger partial charge in [0.15, 0.2) is 12.2 Å². The van der Waals surface area contributed by atoms with Crippen LogP contribution in [-0.4, -0.2) is 96.7 Å². The van der Waals surface area contributed by atoms with Gasteiger partial charge < -0.3 is 33.8 Å². The van der Waals surface area contributed by atoms with Crippen molar-refractivity contribution in [2.24, 2.45) is 0 Å². The van der Waals surface area contributed by atoms with Crippen LogP contribution in [0.3, 0.4) is 0 Å². The van der Waals surface area contributed by atoms with Gasteiger partial charge in [0.2, 0.25) is 0 Å². The quantitative estimate of drug-likeness (QED) is 0.0169. The summed E-state index contributed by atoms with van der Waals surface area (Å²) < 4.78 is 68.4. The molecule has 0 radical (unpaired) electrons.